The molecule has 0 bridgehead atoms. The molecule has 0 saturated carbocycles. The van der Waals surface area contributed by atoms with Crippen LogP contribution in [0.15, 0.2) is 18.2 Å². The van der Waals surface area contributed by atoms with Crippen LogP contribution in [0.5, 0.6) is 0 Å². The molecule has 1 N–H and O–H groups in total. The first-order valence-electron chi connectivity index (χ1n) is 6.19. The van der Waals surface area contributed by atoms with Crippen molar-refractivity contribution < 1.29 is 4.39 Å². The van der Waals surface area contributed by atoms with Crippen LogP contribution in [0.2, 0.25) is 5.02 Å². The van der Waals surface area contributed by atoms with E-state index in [4.69, 9.17) is 11.6 Å². The van der Waals surface area contributed by atoms with Gasteiger partial charge in [0.1, 0.15) is 5.82 Å². The Morgan fingerprint density at radius 2 is 2.12 bits per heavy atom. The minimum absolute atomic E-state index is 0.191. The second kappa shape index (κ2) is 6.97. The summed E-state index contributed by atoms with van der Waals surface area (Å²) in [7, 11) is 1.96. The summed E-state index contributed by atoms with van der Waals surface area (Å²) in [6.07, 6.45) is 3.20. The second-order valence-electron chi connectivity index (χ2n) is 4.61. The molecule has 0 amide bonds. The van der Waals surface area contributed by atoms with Gasteiger partial charge in [-0.2, -0.15) is 0 Å². The Bertz CT molecular complexity index is 354. The van der Waals surface area contributed by atoms with Crippen molar-refractivity contribution in [1.29, 1.82) is 0 Å². The van der Waals surface area contributed by atoms with Gasteiger partial charge in [0.25, 0.3) is 0 Å². The summed E-state index contributed by atoms with van der Waals surface area (Å²) in [6.45, 7) is 4.42. The highest BCUT2D eigenvalue weighted by molar-refractivity contribution is 6.30. The number of hydrogen-bond acceptors (Lipinski definition) is 1. The van der Waals surface area contributed by atoms with Crippen LogP contribution in [0.4, 0.5) is 4.39 Å². The minimum Gasteiger partial charge on any atom is -0.316 e. The molecule has 0 heterocycles. The molecule has 0 aliphatic carbocycles. The average Bonchev–Trinajstić information content (AvgIpc) is 2.30. The van der Waals surface area contributed by atoms with Gasteiger partial charge in [0.05, 0.1) is 5.02 Å². The van der Waals surface area contributed by atoms with Crippen LogP contribution in [0, 0.1) is 11.7 Å². The maximum absolute atomic E-state index is 13.3. The Kier molecular flexibility index (Phi) is 5.93. The van der Waals surface area contributed by atoms with E-state index < -0.39 is 0 Å². The number of halogens is 2. The van der Waals surface area contributed by atoms with Gasteiger partial charge >= 0.3 is 0 Å². The third-order valence-electron chi connectivity index (χ3n) is 3.24. The Morgan fingerprint density at radius 1 is 1.41 bits per heavy atom. The normalized spacial score (nSPS) is 14.6. The monoisotopic (exact) mass is 257 g/mol. The molecule has 1 nitrogen and oxygen atoms in total. The lowest BCUT2D eigenvalue weighted by atomic mass is 9.91. The van der Waals surface area contributed by atoms with E-state index in [0.29, 0.717) is 12.0 Å². The van der Waals surface area contributed by atoms with E-state index in [-0.39, 0.29) is 10.8 Å². The average molecular weight is 258 g/mol. The zero-order valence-electron chi connectivity index (χ0n) is 10.8. The third kappa shape index (κ3) is 4.29. The third-order valence-corrected chi connectivity index (χ3v) is 3.55. The molecule has 1 aromatic carbocycles. The predicted octanol–water partition coefficient (Wildman–Crippen LogP) is 4.05. The van der Waals surface area contributed by atoms with Gasteiger partial charge in [0.2, 0.25) is 0 Å². The Morgan fingerprint density at radius 3 is 2.65 bits per heavy atom. The highest BCUT2D eigenvalue weighted by atomic mass is 35.5. The number of hydrogen-bond donors (Lipinski definition) is 1. The van der Waals surface area contributed by atoms with Crippen molar-refractivity contribution in [2.24, 2.45) is 5.92 Å². The highest BCUT2D eigenvalue weighted by Crippen LogP contribution is 2.19. The van der Waals surface area contributed by atoms with Crippen molar-refractivity contribution in [3.8, 4) is 0 Å². The summed E-state index contributed by atoms with van der Waals surface area (Å²) in [5.74, 6) is 0.255. The molecule has 0 aliphatic rings. The fourth-order valence-electron chi connectivity index (χ4n) is 2.16. The van der Waals surface area contributed by atoms with Crippen LogP contribution < -0.4 is 5.32 Å². The van der Waals surface area contributed by atoms with Gasteiger partial charge in [-0.15, -0.1) is 0 Å². The van der Waals surface area contributed by atoms with Crippen molar-refractivity contribution in [2.45, 2.75) is 39.2 Å². The molecule has 0 aliphatic heterocycles. The molecule has 2 unspecified atom stereocenters. The Labute approximate surface area is 108 Å². The molecule has 2 atom stereocenters. The maximum atomic E-state index is 13.3. The fraction of sp³-hybridized carbons (Fsp3) is 0.571. The van der Waals surface area contributed by atoms with Gasteiger partial charge in [0.15, 0.2) is 0 Å². The second-order valence-corrected chi connectivity index (χ2v) is 5.02. The van der Waals surface area contributed by atoms with Crippen molar-refractivity contribution >= 4 is 11.6 Å². The molecule has 17 heavy (non-hydrogen) atoms. The summed E-state index contributed by atoms with van der Waals surface area (Å²) >= 11 is 5.67. The molecule has 1 aromatic rings. The van der Waals surface area contributed by atoms with Crippen LogP contribution in [-0.4, -0.2) is 13.1 Å². The van der Waals surface area contributed by atoms with Crippen molar-refractivity contribution in [2.75, 3.05) is 7.05 Å². The van der Waals surface area contributed by atoms with Crippen LogP contribution in [-0.2, 0) is 6.42 Å². The van der Waals surface area contributed by atoms with Gasteiger partial charge < -0.3 is 5.32 Å². The smallest absolute Gasteiger partial charge is 0.142 e. The number of rotatable bonds is 6. The zero-order chi connectivity index (χ0) is 12.8. The minimum atomic E-state index is -0.331. The molecule has 0 aromatic heterocycles. The lowest BCUT2D eigenvalue weighted by Crippen LogP contribution is -2.34. The maximum Gasteiger partial charge on any atom is 0.142 e. The Balaban J connectivity index is 2.70. The van der Waals surface area contributed by atoms with E-state index in [1.165, 1.54) is 18.9 Å². The fourth-order valence-corrected chi connectivity index (χ4v) is 2.28. The molecule has 0 fully saturated rings. The van der Waals surface area contributed by atoms with Gasteiger partial charge in [-0.05, 0) is 43.5 Å². The summed E-state index contributed by atoms with van der Waals surface area (Å²) in [5, 5.41) is 3.50. The van der Waals surface area contributed by atoms with E-state index in [0.717, 1.165) is 12.0 Å². The quantitative estimate of drug-likeness (QED) is 0.811. The standard InChI is InChI=1S/C14H21ClFN/c1-4-5-10(2)14(17-3)9-11-6-7-12(15)13(16)8-11/h6-8,10,14,17H,4-5,9H2,1-3H3. The van der Waals surface area contributed by atoms with Gasteiger partial charge in [-0.25, -0.2) is 4.39 Å². The summed E-state index contributed by atoms with van der Waals surface area (Å²) < 4.78 is 13.3. The number of benzene rings is 1. The molecule has 0 radical (unpaired) electrons. The zero-order valence-corrected chi connectivity index (χ0v) is 11.5. The van der Waals surface area contributed by atoms with Crippen molar-refractivity contribution in [3.63, 3.8) is 0 Å². The van der Waals surface area contributed by atoms with E-state index in [1.807, 2.05) is 13.1 Å². The van der Waals surface area contributed by atoms with Crippen molar-refractivity contribution in [3.05, 3.63) is 34.6 Å². The topological polar surface area (TPSA) is 12.0 Å². The number of nitrogens with one attached hydrogen (secondary N) is 1. The molecule has 1 rings (SSSR count). The van der Waals surface area contributed by atoms with E-state index in [2.05, 4.69) is 19.2 Å². The predicted molar refractivity (Wildman–Crippen MR) is 72.0 cm³/mol. The van der Waals surface area contributed by atoms with E-state index in [9.17, 15) is 4.39 Å². The van der Waals surface area contributed by atoms with Crippen LogP contribution in [0.1, 0.15) is 32.3 Å². The summed E-state index contributed by atoms with van der Waals surface area (Å²) in [4.78, 5) is 0. The van der Waals surface area contributed by atoms with Crippen molar-refractivity contribution in [1.82, 2.24) is 5.32 Å². The molecule has 0 spiro atoms. The van der Waals surface area contributed by atoms with Gasteiger partial charge in [-0.1, -0.05) is 37.9 Å². The lowest BCUT2D eigenvalue weighted by molar-refractivity contribution is 0.371. The van der Waals surface area contributed by atoms with Crippen LogP contribution >= 0.6 is 11.6 Å². The molecule has 96 valence electrons. The van der Waals surface area contributed by atoms with Gasteiger partial charge in [-0.3, -0.25) is 0 Å². The van der Waals surface area contributed by atoms with E-state index in [1.54, 1.807) is 6.07 Å². The van der Waals surface area contributed by atoms with E-state index >= 15 is 0 Å². The first kappa shape index (κ1) is 14.5. The molecule has 3 heteroatoms. The van der Waals surface area contributed by atoms with Crippen LogP contribution in [0.3, 0.4) is 0 Å². The van der Waals surface area contributed by atoms with Gasteiger partial charge in [0, 0.05) is 6.04 Å². The molecular formula is C14H21ClFN. The molecule has 0 saturated heterocycles. The summed E-state index contributed by atoms with van der Waals surface area (Å²) in [6, 6.07) is 5.44. The summed E-state index contributed by atoms with van der Waals surface area (Å²) in [5.41, 5.74) is 0.995. The SMILES string of the molecule is CCCC(C)C(Cc1ccc(Cl)c(F)c1)NC. The Hall–Kier alpha value is -0.600. The lowest BCUT2D eigenvalue weighted by Gasteiger charge is -2.23. The number of likely N-dealkylation sites (N-methyl/N-ethyl adjacent to an activating group) is 1. The molecular weight excluding hydrogens is 237 g/mol. The first-order valence-corrected chi connectivity index (χ1v) is 6.57. The van der Waals surface area contributed by atoms with Crippen LogP contribution in [0.25, 0.3) is 0 Å². The largest absolute Gasteiger partial charge is 0.316 e. The first-order chi connectivity index (χ1) is 8.08. The highest BCUT2D eigenvalue weighted by Gasteiger charge is 2.15.